The van der Waals surface area contributed by atoms with Gasteiger partial charge in [0, 0.05) is 17.4 Å². The number of hydrogen-bond acceptors (Lipinski definition) is 0. The molecule has 0 radical (unpaired) electrons. The summed E-state index contributed by atoms with van der Waals surface area (Å²) in [5, 5.41) is 0. The van der Waals surface area contributed by atoms with Crippen molar-refractivity contribution in [1.29, 1.82) is 0 Å². The molecule has 0 aliphatic rings. The van der Waals surface area contributed by atoms with E-state index >= 15 is 0 Å². The van der Waals surface area contributed by atoms with Crippen LogP contribution >= 0.6 is 0 Å². The van der Waals surface area contributed by atoms with E-state index in [9.17, 15) is 13.2 Å². The average molecular weight is 299 g/mol. The minimum Gasteiger partial charge on any atom is 0 e. The second-order valence-corrected chi connectivity index (χ2v) is 0.663. The molecule has 0 aliphatic carbocycles. The molecule has 0 aromatic rings. The standard InChI is InChI=1S/C3F3N.5CO.Cr/c1-7-3(6)2(4)5;5*1-2;. The Morgan fingerprint density at radius 2 is 0.833 bits per heavy atom. The SMILES string of the molecule is [C-]#[N+]C(F)=C(F)F.[C-]#[O+].[C-]#[O+].[C-]#[O+].[C-]#[O+].[C-]#[O+].[Cr]. The quantitative estimate of drug-likeness (QED) is 0.369. The van der Waals surface area contributed by atoms with E-state index in [4.69, 9.17) is 29.8 Å². The Bertz CT molecular complexity index is 275. The van der Waals surface area contributed by atoms with Crippen LogP contribution in [0.3, 0.4) is 0 Å². The normalized spacial score (nSPS) is 3.33. The molecular weight excluding hydrogens is 299 g/mol. The second kappa shape index (κ2) is 112. The van der Waals surface area contributed by atoms with Gasteiger partial charge < -0.3 is 0 Å². The predicted octanol–water partition coefficient (Wildman–Crippen LogP) is 1.75. The van der Waals surface area contributed by atoms with Gasteiger partial charge in [-0.3, -0.25) is 0 Å². The van der Waals surface area contributed by atoms with Crippen molar-refractivity contribution in [3.8, 4) is 0 Å². The van der Waals surface area contributed by atoms with Crippen LogP contribution in [-0.4, -0.2) is 0 Å². The van der Waals surface area contributed by atoms with Crippen molar-refractivity contribution in [2.24, 2.45) is 0 Å². The third kappa shape index (κ3) is 138. The van der Waals surface area contributed by atoms with E-state index < -0.39 is 12.0 Å². The minimum atomic E-state index is -2.56. The van der Waals surface area contributed by atoms with Gasteiger partial charge in [0.15, 0.2) is 0 Å². The van der Waals surface area contributed by atoms with Crippen LogP contribution in [0, 0.1) is 39.8 Å². The summed E-state index contributed by atoms with van der Waals surface area (Å²) in [6.07, 6.45) is -2.56. The second-order valence-electron chi connectivity index (χ2n) is 0.663. The summed E-state index contributed by atoms with van der Waals surface area (Å²) < 4.78 is 70.0. The van der Waals surface area contributed by atoms with Gasteiger partial charge in [0.25, 0.3) is 0 Å². The van der Waals surface area contributed by atoms with E-state index in [1.54, 1.807) is 4.85 Å². The number of nitrogens with zero attached hydrogens (tertiary/aromatic N) is 1. The first-order valence-electron chi connectivity index (χ1n) is 2.28. The fraction of sp³-hybridized carbons (Fsp3) is 0. The smallest absolute Gasteiger partial charge is 0 e. The summed E-state index contributed by atoms with van der Waals surface area (Å²) in [4.78, 5) is 1.80. The first-order chi connectivity index (χ1) is 8.18. The van der Waals surface area contributed by atoms with Gasteiger partial charge in [0.2, 0.25) is 0 Å². The van der Waals surface area contributed by atoms with E-state index in [2.05, 4.69) is 33.3 Å². The molecule has 0 saturated heterocycles. The summed E-state index contributed by atoms with van der Waals surface area (Å²) in [6.45, 7) is 28.2. The van der Waals surface area contributed by atoms with Gasteiger partial charge in [-0.05, 0) is 0 Å². The zero-order valence-corrected chi connectivity index (χ0v) is 9.31. The summed E-state index contributed by atoms with van der Waals surface area (Å²) in [7, 11) is 0. The van der Waals surface area contributed by atoms with Gasteiger partial charge in [-0.25, -0.2) is 9.24 Å². The monoisotopic (exact) mass is 299 g/mol. The molecule has 0 atom stereocenters. The maximum atomic E-state index is 11.0. The van der Waals surface area contributed by atoms with Gasteiger partial charge in [-0.1, -0.05) is 0 Å². The Labute approximate surface area is 111 Å². The van der Waals surface area contributed by atoms with Crippen LogP contribution in [0.1, 0.15) is 0 Å². The molecule has 94 valence electrons. The number of hydrogen-bond donors (Lipinski definition) is 0. The Balaban J connectivity index is -0.0000000189. The van der Waals surface area contributed by atoms with Crippen LogP contribution in [0.2, 0.25) is 0 Å². The van der Waals surface area contributed by atoms with Crippen LogP contribution in [0.4, 0.5) is 13.2 Å². The predicted molar refractivity (Wildman–Crippen MR) is 36.6 cm³/mol. The van der Waals surface area contributed by atoms with E-state index in [0.29, 0.717) is 0 Å². The van der Waals surface area contributed by atoms with Gasteiger partial charge in [-0.15, -0.1) is 0 Å². The molecular formula is C8CrF3NO5. The molecule has 0 heterocycles. The largest absolute Gasteiger partial charge is 0 e. The van der Waals surface area contributed by atoms with Crippen molar-refractivity contribution in [3.05, 3.63) is 56.7 Å². The van der Waals surface area contributed by atoms with Crippen LogP contribution in [0.25, 0.3) is 4.85 Å². The molecule has 0 aliphatic heterocycles. The molecule has 0 unspecified atom stereocenters. The summed E-state index contributed by atoms with van der Waals surface area (Å²) in [6, 6.07) is 0. The zero-order valence-electron chi connectivity index (χ0n) is 8.03. The molecule has 0 amide bonds. The maximum Gasteiger partial charge on any atom is 0 e. The van der Waals surface area contributed by atoms with E-state index in [0.717, 1.165) is 0 Å². The van der Waals surface area contributed by atoms with Crippen molar-refractivity contribution in [1.82, 2.24) is 0 Å². The van der Waals surface area contributed by atoms with Crippen molar-refractivity contribution < 1.29 is 53.8 Å². The van der Waals surface area contributed by atoms with E-state index in [1.807, 2.05) is 0 Å². The molecule has 0 rings (SSSR count). The van der Waals surface area contributed by atoms with Gasteiger partial charge in [-0.2, -0.15) is 8.78 Å². The first-order valence-corrected chi connectivity index (χ1v) is 2.28. The number of rotatable bonds is 0. The fourth-order valence-electron chi connectivity index (χ4n) is 0.0423. The number of halogens is 3. The molecule has 0 saturated carbocycles. The zero-order chi connectivity index (χ0) is 15.9. The average Bonchev–Trinajstić information content (AvgIpc) is 2.48. The summed E-state index contributed by atoms with van der Waals surface area (Å²) in [5.41, 5.74) is 0. The van der Waals surface area contributed by atoms with Crippen molar-refractivity contribution >= 4 is 0 Å². The first kappa shape index (κ1) is 44.2. The van der Waals surface area contributed by atoms with Gasteiger partial charge in [0.1, 0.15) is 0 Å². The third-order valence-corrected chi connectivity index (χ3v) is 0.254. The maximum absolute atomic E-state index is 11.0. The molecule has 0 aromatic carbocycles. The fourth-order valence-corrected chi connectivity index (χ4v) is 0.0423. The Kier molecular flexibility index (Phi) is 276. The summed E-state index contributed by atoms with van der Waals surface area (Å²) >= 11 is 0. The van der Waals surface area contributed by atoms with E-state index in [1.165, 1.54) is 0 Å². The van der Waals surface area contributed by atoms with Crippen LogP contribution in [0.15, 0.2) is 12.0 Å². The van der Waals surface area contributed by atoms with Crippen LogP contribution in [0.5, 0.6) is 0 Å². The molecule has 10 heteroatoms. The van der Waals surface area contributed by atoms with Crippen LogP contribution in [-0.2, 0) is 40.6 Å². The molecule has 0 bridgehead atoms. The molecule has 0 N–H and O–H groups in total. The van der Waals surface area contributed by atoms with Crippen molar-refractivity contribution in [3.63, 3.8) is 0 Å². The summed E-state index contributed by atoms with van der Waals surface area (Å²) in [5.74, 6) is -2.03. The van der Waals surface area contributed by atoms with Gasteiger partial charge >= 0.3 is 68.5 Å². The molecule has 18 heavy (non-hydrogen) atoms. The molecule has 0 fully saturated rings. The van der Waals surface area contributed by atoms with E-state index in [-0.39, 0.29) is 17.4 Å². The minimum absolute atomic E-state index is 0. The topological polar surface area (TPSA) is 104 Å². The molecule has 0 aromatic heterocycles. The molecule has 0 spiro atoms. The Morgan fingerprint density at radius 3 is 0.833 bits per heavy atom. The van der Waals surface area contributed by atoms with Crippen molar-refractivity contribution in [2.75, 3.05) is 0 Å². The van der Waals surface area contributed by atoms with Crippen LogP contribution < -0.4 is 0 Å². The Hall–Kier alpha value is -1.75. The van der Waals surface area contributed by atoms with Crippen molar-refractivity contribution in [2.45, 2.75) is 0 Å². The molecule has 6 nitrogen and oxygen atoms in total. The van der Waals surface area contributed by atoms with Gasteiger partial charge in [0.05, 0.1) is 6.57 Å². The Morgan fingerprint density at radius 1 is 0.667 bits per heavy atom. The third-order valence-electron chi connectivity index (χ3n) is 0.254.